The number of nitrogens with one attached hydrogen (secondary N) is 1. The van der Waals surface area contributed by atoms with Crippen molar-refractivity contribution in [1.82, 2.24) is 9.71 Å². The maximum Gasteiger partial charge on any atom is 0.252 e. The van der Waals surface area contributed by atoms with Crippen LogP contribution in [0.4, 0.5) is 5.13 Å². The standard InChI is InChI=1S/C12H17N3O2S3/c1-7(2)10(9-5-4-6-18-9)15-20(16,17)11-8(3)14-12(13)19-11/h4-7,10,15H,1-3H3,(H2,13,14). The summed E-state index contributed by atoms with van der Waals surface area (Å²) in [6, 6.07) is 3.61. The average Bonchev–Trinajstić information content (AvgIpc) is 2.95. The van der Waals surface area contributed by atoms with E-state index < -0.39 is 10.0 Å². The van der Waals surface area contributed by atoms with Gasteiger partial charge in [0.2, 0.25) is 0 Å². The number of nitrogen functional groups attached to an aromatic ring is 1. The van der Waals surface area contributed by atoms with Crippen molar-refractivity contribution in [3.63, 3.8) is 0 Å². The van der Waals surface area contributed by atoms with E-state index in [4.69, 9.17) is 5.73 Å². The molecule has 2 rings (SSSR count). The molecular weight excluding hydrogens is 314 g/mol. The molecule has 8 heteroatoms. The molecule has 0 aromatic carbocycles. The largest absolute Gasteiger partial charge is 0.375 e. The number of thiophene rings is 1. The maximum atomic E-state index is 12.5. The van der Waals surface area contributed by atoms with Crippen molar-refractivity contribution in [3.8, 4) is 0 Å². The highest BCUT2D eigenvalue weighted by atomic mass is 32.2. The van der Waals surface area contributed by atoms with Crippen LogP contribution in [-0.2, 0) is 10.0 Å². The molecule has 1 unspecified atom stereocenters. The molecule has 0 radical (unpaired) electrons. The molecule has 0 bridgehead atoms. The van der Waals surface area contributed by atoms with Crippen LogP contribution in [0.5, 0.6) is 0 Å². The van der Waals surface area contributed by atoms with Gasteiger partial charge in [-0.15, -0.1) is 11.3 Å². The van der Waals surface area contributed by atoms with Gasteiger partial charge in [-0.25, -0.2) is 18.1 Å². The Morgan fingerprint density at radius 1 is 1.40 bits per heavy atom. The fourth-order valence-corrected chi connectivity index (χ4v) is 5.57. The number of nitrogens with two attached hydrogens (primary N) is 1. The first-order valence-corrected chi connectivity index (χ1v) is 9.28. The van der Waals surface area contributed by atoms with Crippen LogP contribution >= 0.6 is 22.7 Å². The van der Waals surface area contributed by atoms with Gasteiger partial charge in [0.15, 0.2) is 9.34 Å². The number of hydrogen-bond donors (Lipinski definition) is 2. The van der Waals surface area contributed by atoms with Crippen LogP contribution in [0.15, 0.2) is 21.7 Å². The Balaban J connectivity index is 2.33. The van der Waals surface area contributed by atoms with Crippen LogP contribution in [0.25, 0.3) is 0 Å². The number of hydrogen-bond acceptors (Lipinski definition) is 6. The van der Waals surface area contributed by atoms with Crippen LogP contribution < -0.4 is 10.5 Å². The number of anilines is 1. The fourth-order valence-electron chi connectivity index (χ4n) is 1.86. The smallest absolute Gasteiger partial charge is 0.252 e. The predicted octanol–water partition coefficient (Wildman–Crippen LogP) is 2.77. The molecule has 1 atom stereocenters. The summed E-state index contributed by atoms with van der Waals surface area (Å²) in [7, 11) is -3.61. The number of aromatic nitrogens is 1. The lowest BCUT2D eigenvalue weighted by Crippen LogP contribution is -2.31. The quantitative estimate of drug-likeness (QED) is 0.882. The fraction of sp³-hybridized carbons (Fsp3) is 0.417. The Hall–Kier alpha value is -0.960. The van der Waals surface area contributed by atoms with Gasteiger partial charge in [-0.1, -0.05) is 31.3 Å². The zero-order valence-electron chi connectivity index (χ0n) is 11.5. The van der Waals surface area contributed by atoms with Gasteiger partial charge in [-0.3, -0.25) is 0 Å². The topological polar surface area (TPSA) is 85.1 Å². The summed E-state index contributed by atoms with van der Waals surface area (Å²) in [5, 5.41) is 2.20. The van der Waals surface area contributed by atoms with Gasteiger partial charge in [0, 0.05) is 4.88 Å². The second-order valence-electron chi connectivity index (χ2n) is 4.78. The minimum Gasteiger partial charge on any atom is -0.375 e. The van der Waals surface area contributed by atoms with Gasteiger partial charge in [0.25, 0.3) is 10.0 Å². The zero-order chi connectivity index (χ0) is 14.9. The molecule has 0 aliphatic rings. The Bertz CT molecular complexity index is 675. The highest BCUT2D eigenvalue weighted by Crippen LogP contribution is 2.30. The first-order valence-electron chi connectivity index (χ1n) is 6.10. The lowest BCUT2D eigenvalue weighted by atomic mass is 10.0. The van der Waals surface area contributed by atoms with Crippen molar-refractivity contribution >= 4 is 37.8 Å². The number of aryl methyl sites for hydroxylation is 1. The van der Waals surface area contributed by atoms with Crippen molar-refractivity contribution in [2.24, 2.45) is 5.92 Å². The lowest BCUT2D eigenvalue weighted by molar-refractivity contribution is 0.469. The van der Waals surface area contributed by atoms with E-state index in [1.807, 2.05) is 31.4 Å². The number of nitrogens with zero attached hydrogens (tertiary/aromatic N) is 1. The molecule has 0 aliphatic carbocycles. The van der Waals surface area contributed by atoms with E-state index in [0.29, 0.717) is 5.69 Å². The molecule has 0 fully saturated rings. The summed E-state index contributed by atoms with van der Waals surface area (Å²) < 4.78 is 27.9. The first-order chi connectivity index (χ1) is 9.31. The maximum absolute atomic E-state index is 12.5. The van der Waals surface area contributed by atoms with Gasteiger partial charge in [-0.05, 0) is 24.3 Å². The highest BCUT2D eigenvalue weighted by molar-refractivity contribution is 7.91. The van der Waals surface area contributed by atoms with E-state index in [1.165, 1.54) is 0 Å². The molecule has 110 valence electrons. The third-order valence-corrected chi connectivity index (χ3v) is 6.81. The van der Waals surface area contributed by atoms with Crippen LogP contribution in [-0.4, -0.2) is 13.4 Å². The van der Waals surface area contributed by atoms with Gasteiger partial charge in [-0.2, -0.15) is 0 Å². The number of thiazole rings is 1. The van der Waals surface area contributed by atoms with Crippen molar-refractivity contribution in [3.05, 3.63) is 28.1 Å². The molecule has 2 aromatic rings. The molecule has 5 nitrogen and oxygen atoms in total. The Kier molecular flexibility index (Phi) is 4.48. The summed E-state index contributed by atoms with van der Waals surface area (Å²) in [5.74, 6) is 0.147. The van der Waals surface area contributed by atoms with E-state index in [1.54, 1.807) is 18.3 Å². The number of sulfonamides is 1. The Morgan fingerprint density at radius 3 is 2.55 bits per heavy atom. The predicted molar refractivity (Wildman–Crippen MR) is 83.5 cm³/mol. The minimum atomic E-state index is -3.61. The monoisotopic (exact) mass is 331 g/mol. The second kappa shape index (κ2) is 5.80. The third kappa shape index (κ3) is 3.20. The van der Waals surface area contributed by atoms with Crippen molar-refractivity contribution in [1.29, 1.82) is 0 Å². The third-order valence-electron chi connectivity index (χ3n) is 2.81. The van der Waals surface area contributed by atoms with E-state index in [2.05, 4.69) is 9.71 Å². The van der Waals surface area contributed by atoms with E-state index in [0.717, 1.165) is 16.2 Å². The SMILES string of the molecule is Cc1nc(N)sc1S(=O)(=O)NC(c1cccs1)C(C)C. The van der Waals surface area contributed by atoms with Crippen LogP contribution in [0.1, 0.15) is 30.5 Å². The molecule has 2 aromatic heterocycles. The summed E-state index contributed by atoms with van der Waals surface area (Å²) >= 11 is 2.53. The molecule has 2 heterocycles. The first kappa shape index (κ1) is 15.4. The average molecular weight is 331 g/mol. The molecule has 0 saturated carbocycles. The normalized spacial score (nSPS) is 13.8. The van der Waals surface area contributed by atoms with Crippen molar-refractivity contribution in [2.75, 3.05) is 5.73 Å². The molecular formula is C12H17N3O2S3. The second-order valence-corrected chi connectivity index (χ2v) is 8.70. The van der Waals surface area contributed by atoms with Crippen molar-refractivity contribution in [2.45, 2.75) is 31.0 Å². The van der Waals surface area contributed by atoms with E-state index in [9.17, 15) is 8.42 Å². The molecule has 0 saturated heterocycles. The van der Waals surface area contributed by atoms with Crippen LogP contribution in [0.2, 0.25) is 0 Å². The molecule has 20 heavy (non-hydrogen) atoms. The summed E-state index contributed by atoms with van der Waals surface area (Å²) in [4.78, 5) is 4.97. The minimum absolute atomic E-state index is 0.147. The summed E-state index contributed by atoms with van der Waals surface area (Å²) in [6.07, 6.45) is 0. The molecule has 0 spiro atoms. The molecule has 0 amide bonds. The van der Waals surface area contributed by atoms with Gasteiger partial charge in [0.1, 0.15) is 0 Å². The Morgan fingerprint density at radius 2 is 2.10 bits per heavy atom. The zero-order valence-corrected chi connectivity index (χ0v) is 13.9. The van der Waals surface area contributed by atoms with E-state index >= 15 is 0 Å². The lowest BCUT2D eigenvalue weighted by Gasteiger charge is -2.20. The molecule has 3 N–H and O–H groups in total. The van der Waals surface area contributed by atoms with Crippen molar-refractivity contribution < 1.29 is 8.42 Å². The van der Waals surface area contributed by atoms with Gasteiger partial charge < -0.3 is 5.73 Å². The molecule has 0 aliphatic heterocycles. The van der Waals surface area contributed by atoms with Crippen LogP contribution in [0.3, 0.4) is 0 Å². The van der Waals surface area contributed by atoms with Gasteiger partial charge in [0.05, 0.1) is 11.7 Å². The Labute approximate surface area is 126 Å². The summed E-state index contributed by atoms with van der Waals surface area (Å²) in [5.41, 5.74) is 6.02. The van der Waals surface area contributed by atoms with Gasteiger partial charge >= 0.3 is 0 Å². The van der Waals surface area contributed by atoms with Crippen LogP contribution in [0, 0.1) is 12.8 Å². The summed E-state index contributed by atoms with van der Waals surface area (Å²) in [6.45, 7) is 5.62. The number of rotatable bonds is 5. The van der Waals surface area contributed by atoms with E-state index in [-0.39, 0.29) is 21.3 Å². The highest BCUT2D eigenvalue weighted by Gasteiger charge is 2.27.